The van der Waals surface area contributed by atoms with Crippen LogP contribution < -0.4 is 15.8 Å². The summed E-state index contributed by atoms with van der Waals surface area (Å²) in [6, 6.07) is 1.85. The van der Waals surface area contributed by atoms with Gasteiger partial charge in [0, 0.05) is 12.6 Å². The Morgan fingerprint density at radius 3 is 2.68 bits per heavy atom. The zero-order valence-electron chi connectivity index (χ0n) is 11.9. The van der Waals surface area contributed by atoms with Gasteiger partial charge in [-0.3, -0.25) is 0 Å². The van der Waals surface area contributed by atoms with Crippen molar-refractivity contribution in [3.05, 3.63) is 12.4 Å². The second kappa shape index (κ2) is 6.19. The summed E-state index contributed by atoms with van der Waals surface area (Å²) in [6.07, 6.45) is 7.61. The summed E-state index contributed by atoms with van der Waals surface area (Å²) in [5, 5.41) is 3.50. The number of anilines is 1. The van der Waals surface area contributed by atoms with Crippen LogP contribution in [0.15, 0.2) is 12.4 Å². The van der Waals surface area contributed by atoms with Gasteiger partial charge in [-0.05, 0) is 26.7 Å². The first-order valence-corrected chi connectivity index (χ1v) is 7.10. The molecule has 2 rings (SSSR count). The van der Waals surface area contributed by atoms with Crippen molar-refractivity contribution in [3.8, 4) is 5.88 Å². The van der Waals surface area contributed by atoms with Gasteiger partial charge in [0.25, 0.3) is 0 Å². The van der Waals surface area contributed by atoms with E-state index in [1.165, 1.54) is 25.6 Å². The normalized spacial score (nSPS) is 18.3. The topological polar surface area (TPSA) is 73.1 Å². The van der Waals surface area contributed by atoms with E-state index in [4.69, 9.17) is 10.5 Å². The van der Waals surface area contributed by atoms with E-state index in [0.29, 0.717) is 12.4 Å². The second-order valence-electron chi connectivity index (χ2n) is 5.58. The van der Waals surface area contributed by atoms with E-state index in [0.717, 1.165) is 18.7 Å². The number of hydrogen-bond donors (Lipinski definition) is 2. The van der Waals surface area contributed by atoms with Gasteiger partial charge in [-0.15, -0.1) is 0 Å². The summed E-state index contributed by atoms with van der Waals surface area (Å²) < 4.78 is 5.59. The van der Waals surface area contributed by atoms with Crippen molar-refractivity contribution in [1.29, 1.82) is 0 Å². The molecule has 0 spiro atoms. The van der Waals surface area contributed by atoms with Crippen LogP contribution in [0.4, 0.5) is 5.82 Å². The Labute approximate surface area is 115 Å². The zero-order valence-corrected chi connectivity index (χ0v) is 11.9. The molecule has 0 saturated heterocycles. The van der Waals surface area contributed by atoms with Crippen molar-refractivity contribution in [1.82, 2.24) is 9.97 Å². The van der Waals surface area contributed by atoms with Gasteiger partial charge in [0.05, 0.1) is 11.6 Å². The van der Waals surface area contributed by atoms with Crippen LogP contribution >= 0.6 is 0 Å². The minimum atomic E-state index is -0.0122. The molecule has 0 unspecified atom stereocenters. The Kier molecular flexibility index (Phi) is 4.58. The molecule has 1 aromatic heterocycles. The third-order valence-corrected chi connectivity index (χ3v) is 3.59. The molecule has 19 heavy (non-hydrogen) atoms. The van der Waals surface area contributed by atoms with Gasteiger partial charge < -0.3 is 15.8 Å². The largest absolute Gasteiger partial charge is 0.475 e. The third kappa shape index (κ3) is 3.80. The van der Waals surface area contributed by atoms with Gasteiger partial charge >= 0.3 is 0 Å². The molecule has 1 saturated carbocycles. The number of aromatic nitrogens is 2. The predicted octanol–water partition coefficient (Wildman–Crippen LogP) is 2.34. The minimum Gasteiger partial charge on any atom is -0.475 e. The van der Waals surface area contributed by atoms with Crippen LogP contribution in [0.3, 0.4) is 0 Å². The quantitative estimate of drug-likeness (QED) is 0.854. The molecule has 0 aliphatic heterocycles. The number of nitrogens with two attached hydrogens (primary N) is 1. The molecule has 1 aliphatic rings. The van der Waals surface area contributed by atoms with Gasteiger partial charge in [-0.2, -0.15) is 0 Å². The van der Waals surface area contributed by atoms with E-state index >= 15 is 0 Å². The first-order valence-electron chi connectivity index (χ1n) is 7.10. The van der Waals surface area contributed by atoms with Crippen LogP contribution in [0.5, 0.6) is 5.88 Å². The molecule has 0 amide bonds. The van der Waals surface area contributed by atoms with Gasteiger partial charge in [0.2, 0.25) is 5.88 Å². The average molecular weight is 264 g/mol. The van der Waals surface area contributed by atoms with E-state index in [-0.39, 0.29) is 11.6 Å². The fraction of sp³-hybridized carbons (Fsp3) is 0.714. The Morgan fingerprint density at radius 1 is 1.32 bits per heavy atom. The molecule has 1 heterocycles. The highest BCUT2D eigenvalue weighted by atomic mass is 16.5. The van der Waals surface area contributed by atoms with Crippen molar-refractivity contribution < 1.29 is 4.74 Å². The average Bonchev–Trinajstić information content (AvgIpc) is 2.39. The van der Waals surface area contributed by atoms with Crippen molar-refractivity contribution in [2.45, 2.75) is 57.6 Å². The molecule has 1 fully saturated rings. The fourth-order valence-corrected chi connectivity index (χ4v) is 2.59. The lowest BCUT2D eigenvalue weighted by Crippen LogP contribution is -2.47. The van der Waals surface area contributed by atoms with E-state index in [1.807, 2.05) is 19.9 Å². The molecule has 0 aromatic carbocycles. The second-order valence-corrected chi connectivity index (χ2v) is 5.58. The molecule has 1 aliphatic carbocycles. The smallest absolute Gasteiger partial charge is 0.218 e. The summed E-state index contributed by atoms with van der Waals surface area (Å²) in [6.45, 7) is 4.60. The fourth-order valence-electron chi connectivity index (χ4n) is 2.59. The predicted molar refractivity (Wildman–Crippen MR) is 76.3 cm³/mol. The van der Waals surface area contributed by atoms with Crippen molar-refractivity contribution in [2.75, 3.05) is 11.9 Å². The van der Waals surface area contributed by atoms with Crippen LogP contribution in [0.25, 0.3) is 0 Å². The zero-order chi connectivity index (χ0) is 13.7. The maximum Gasteiger partial charge on any atom is 0.218 e. The number of nitrogens with one attached hydrogen (secondary N) is 1. The number of rotatable bonds is 5. The van der Waals surface area contributed by atoms with Gasteiger partial charge in [-0.1, -0.05) is 19.3 Å². The lowest BCUT2D eigenvalue weighted by atomic mass is 9.82. The Morgan fingerprint density at radius 2 is 2.05 bits per heavy atom. The SMILES string of the molecule is CC(C)Oc1cc(NC2(CN)CCCCC2)ncn1. The lowest BCUT2D eigenvalue weighted by molar-refractivity contribution is 0.232. The number of hydrogen-bond acceptors (Lipinski definition) is 5. The standard InChI is InChI=1S/C14H24N4O/c1-11(2)19-13-8-12(16-10-17-13)18-14(9-15)6-4-3-5-7-14/h8,10-11H,3-7,9,15H2,1-2H3,(H,16,17,18). The summed E-state index contributed by atoms with van der Waals surface area (Å²) in [7, 11) is 0. The molecule has 5 heteroatoms. The summed E-state index contributed by atoms with van der Waals surface area (Å²) in [4.78, 5) is 8.39. The molecule has 0 bridgehead atoms. The number of ether oxygens (including phenoxy) is 1. The summed E-state index contributed by atoms with van der Waals surface area (Å²) in [5.41, 5.74) is 5.96. The Balaban J connectivity index is 2.08. The molecule has 5 nitrogen and oxygen atoms in total. The monoisotopic (exact) mass is 264 g/mol. The molecule has 3 N–H and O–H groups in total. The van der Waals surface area contributed by atoms with Crippen LogP contribution in [0, 0.1) is 0 Å². The van der Waals surface area contributed by atoms with Gasteiger partial charge in [-0.25, -0.2) is 9.97 Å². The van der Waals surface area contributed by atoms with E-state index in [2.05, 4.69) is 15.3 Å². The van der Waals surface area contributed by atoms with Crippen molar-refractivity contribution >= 4 is 5.82 Å². The Bertz CT molecular complexity index is 402. The first kappa shape index (κ1) is 14.1. The van der Waals surface area contributed by atoms with Crippen LogP contribution in [0.1, 0.15) is 46.0 Å². The number of nitrogens with zero attached hydrogens (tertiary/aromatic N) is 2. The molecule has 106 valence electrons. The first-order chi connectivity index (χ1) is 9.13. The van der Waals surface area contributed by atoms with E-state index < -0.39 is 0 Å². The van der Waals surface area contributed by atoms with E-state index in [9.17, 15) is 0 Å². The van der Waals surface area contributed by atoms with Crippen molar-refractivity contribution in [2.24, 2.45) is 5.73 Å². The highest BCUT2D eigenvalue weighted by molar-refractivity contribution is 5.40. The van der Waals surface area contributed by atoms with Crippen molar-refractivity contribution in [3.63, 3.8) is 0 Å². The third-order valence-electron chi connectivity index (χ3n) is 3.59. The van der Waals surface area contributed by atoms with Crippen LogP contribution in [-0.2, 0) is 0 Å². The maximum absolute atomic E-state index is 5.97. The molecular formula is C14H24N4O. The molecule has 0 radical (unpaired) electrons. The lowest BCUT2D eigenvalue weighted by Gasteiger charge is -2.37. The van der Waals surface area contributed by atoms with Gasteiger partial charge in [0.15, 0.2) is 0 Å². The molecule has 1 aromatic rings. The van der Waals surface area contributed by atoms with Crippen LogP contribution in [-0.4, -0.2) is 28.2 Å². The minimum absolute atomic E-state index is 0.0122. The summed E-state index contributed by atoms with van der Waals surface area (Å²) >= 11 is 0. The highest BCUT2D eigenvalue weighted by Gasteiger charge is 2.30. The summed E-state index contributed by atoms with van der Waals surface area (Å²) in [5.74, 6) is 1.41. The Hall–Kier alpha value is -1.36. The maximum atomic E-state index is 5.97. The van der Waals surface area contributed by atoms with Crippen LogP contribution in [0.2, 0.25) is 0 Å². The highest BCUT2D eigenvalue weighted by Crippen LogP contribution is 2.30. The van der Waals surface area contributed by atoms with E-state index in [1.54, 1.807) is 0 Å². The van der Waals surface area contributed by atoms with Gasteiger partial charge in [0.1, 0.15) is 12.1 Å². The molecule has 0 atom stereocenters. The molecular weight excluding hydrogens is 240 g/mol.